The highest BCUT2D eigenvalue weighted by Gasteiger charge is 2.37. The average Bonchev–Trinajstić information content (AvgIpc) is 2.81. The summed E-state index contributed by atoms with van der Waals surface area (Å²) in [6, 6.07) is 30.4. The Morgan fingerprint density at radius 2 is 1.17 bits per heavy atom. The number of benzene rings is 3. The van der Waals surface area contributed by atoms with Crippen LogP contribution in [0.2, 0.25) is 0 Å². The molecule has 0 bridgehead atoms. The molecule has 3 aromatic rings. The Balaban J connectivity index is 1.88. The van der Waals surface area contributed by atoms with E-state index in [9.17, 15) is 5.11 Å². The van der Waals surface area contributed by atoms with Crippen molar-refractivity contribution in [1.29, 1.82) is 0 Å². The van der Waals surface area contributed by atoms with Crippen LogP contribution in [0.4, 0.5) is 0 Å². The lowest BCUT2D eigenvalue weighted by Gasteiger charge is -2.36. The number of unbranched alkanes of at least 4 members (excludes halogenated alkanes) is 1. The summed E-state index contributed by atoms with van der Waals surface area (Å²) in [5.41, 5.74) is 2.21. The zero-order valence-electron chi connectivity index (χ0n) is 17.1. The van der Waals surface area contributed by atoms with Crippen molar-refractivity contribution in [2.24, 2.45) is 0 Å². The first-order valence-corrected chi connectivity index (χ1v) is 10.9. The molecule has 0 aromatic heterocycles. The van der Waals surface area contributed by atoms with E-state index in [1.165, 1.54) is 0 Å². The number of halogens is 1. The summed E-state index contributed by atoms with van der Waals surface area (Å²) >= 11 is 5.69. The van der Waals surface area contributed by atoms with Crippen LogP contribution in [0, 0.1) is 0 Å². The second kappa shape index (κ2) is 11.9. The van der Waals surface area contributed by atoms with Gasteiger partial charge >= 0.3 is 0 Å². The Hall–Kier alpha value is -2.17. The highest BCUT2D eigenvalue weighted by molar-refractivity contribution is 6.17. The molecule has 0 aliphatic carbocycles. The highest BCUT2D eigenvalue weighted by Crippen LogP contribution is 2.40. The standard InChI is InChI=1S/C26H29ClO3/c27-18-10-11-19-29-20-25(28)21-30-26(22-12-4-1-5-13-22,23-14-6-2-7-15-23)24-16-8-3-9-17-24/h1-9,12-17,25,28H,10-11,18-21H2. The summed E-state index contributed by atoms with van der Waals surface area (Å²) in [6.45, 7) is 0.968. The minimum Gasteiger partial charge on any atom is -0.388 e. The third-order valence-corrected chi connectivity index (χ3v) is 5.28. The molecule has 0 aliphatic heterocycles. The van der Waals surface area contributed by atoms with Gasteiger partial charge < -0.3 is 14.6 Å². The van der Waals surface area contributed by atoms with Crippen LogP contribution in [0.1, 0.15) is 29.5 Å². The first kappa shape index (κ1) is 22.5. The number of aliphatic hydroxyl groups excluding tert-OH is 1. The molecular formula is C26H29ClO3. The van der Waals surface area contributed by atoms with Gasteiger partial charge in [-0.25, -0.2) is 0 Å². The fourth-order valence-corrected chi connectivity index (χ4v) is 3.74. The van der Waals surface area contributed by atoms with E-state index >= 15 is 0 Å². The summed E-state index contributed by atoms with van der Waals surface area (Å²) in [6.07, 6.45) is 1.07. The number of hydrogen-bond donors (Lipinski definition) is 1. The molecule has 3 rings (SSSR count). The Kier molecular flexibility index (Phi) is 8.91. The summed E-state index contributed by atoms with van der Waals surface area (Å²) in [5, 5.41) is 10.5. The largest absolute Gasteiger partial charge is 0.388 e. The first-order chi connectivity index (χ1) is 14.8. The SMILES string of the molecule is OC(COCCCCCl)COC(c1ccccc1)(c1ccccc1)c1ccccc1. The fourth-order valence-electron chi connectivity index (χ4n) is 3.56. The molecule has 0 saturated heterocycles. The predicted molar refractivity (Wildman–Crippen MR) is 122 cm³/mol. The monoisotopic (exact) mass is 424 g/mol. The molecular weight excluding hydrogens is 396 g/mol. The molecule has 0 aliphatic rings. The van der Waals surface area contributed by atoms with Crippen LogP contribution in [-0.2, 0) is 15.1 Å². The molecule has 0 heterocycles. The van der Waals surface area contributed by atoms with Gasteiger partial charge in [-0.05, 0) is 29.5 Å². The van der Waals surface area contributed by atoms with Crippen molar-refractivity contribution in [2.45, 2.75) is 24.5 Å². The van der Waals surface area contributed by atoms with Crippen molar-refractivity contribution in [3.8, 4) is 0 Å². The predicted octanol–water partition coefficient (Wildman–Crippen LogP) is 5.39. The van der Waals surface area contributed by atoms with E-state index in [0.717, 1.165) is 29.5 Å². The van der Waals surface area contributed by atoms with Crippen molar-refractivity contribution in [3.05, 3.63) is 108 Å². The van der Waals surface area contributed by atoms with Crippen LogP contribution in [0.15, 0.2) is 91.0 Å². The fraction of sp³-hybridized carbons (Fsp3) is 0.308. The van der Waals surface area contributed by atoms with Gasteiger partial charge in [0.1, 0.15) is 11.7 Å². The Labute approximate surface area is 184 Å². The van der Waals surface area contributed by atoms with E-state index in [-0.39, 0.29) is 13.2 Å². The van der Waals surface area contributed by atoms with Crippen LogP contribution < -0.4 is 0 Å². The molecule has 1 atom stereocenters. The van der Waals surface area contributed by atoms with E-state index in [1.807, 2.05) is 54.6 Å². The molecule has 1 N–H and O–H groups in total. The van der Waals surface area contributed by atoms with Crippen LogP contribution in [-0.4, -0.2) is 36.9 Å². The van der Waals surface area contributed by atoms with E-state index in [4.69, 9.17) is 21.1 Å². The molecule has 0 amide bonds. The van der Waals surface area contributed by atoms with Gasteiger partial charge in [-0.1, -0.05) is 91.0 Å². The number of rotatable bonds is 12. The van der Waals surface area contributed by atoms with Crippen molar-refractivity contribution >= 4 is 11.6 Å². The topological polar surface area (TPSA) is 38.7 Å². The molecule has 0 saturated carbocycles. The number of ether oxygens (including phenoxy) is 2. The van der Waals surface area contributed by atoms with Crippen molar-refractivity contribution in [3.63, 3.8) is 0 Å². The minimum absolute atomic E-state index is 0.147. The molecule has 0 fully saturated rings. The summed E-state index contributed by atoms with van der Waals surface area (Å²) in [5.74, 6) is 0.628. The van der Waals surface area contributed by atoms with Gasteiger partial charge in [-0.3, -0.25) is 0 Å². The maximum absolute atomic E-state index is 10.5. The Morgan fingerprint density at radius 3 is 1.60 bits per heavy atom. The third kappa shape index (κ3) is 5.71. The third-order valence-electron chi connectivity index (χ3n) is 5.02. The zero-order chi connectivity index (χ0) is 21.1. The molecule has 30 heavy (non-hydrogen) atoms. The second-order valence-electron chi connectivity index (χ2n) is 7.22. The highest BCUT2D eigenvalue weighted by atomic mass is 35.5. The molecule has 0 spiro atoms. The van der Waals surface area contributed by atoms with E-state index < -0.39 is 11.7 Å². The number of aliphatic hydroxyl groups is 1. The van der Waals surface area contributed by atoms with Gasteiger partial charge in [0.25, 0.3) is 0 Å². The Morgan fingerprint density at radius 1 is 0.700 bits per heavy atom. The molecule has 3 aromatic carbocycles. The van der Waals surface area contributed by atoms with Crippen LogP contribution >= 0.6 is 11.6 Å². The van der Waals surface area contributed by atoms with Crippen molar-refractivity contribution in [2.75, 3.05) is 25.7 Å². The Bertz CT molecular complexity index is 743. The molecule has 158 valence electrons. The molecule has 3 nitrogen and oxygen atoms in total. The average molecular weight is 425 g/mol. The van der Waals surface area contributed by atoms with E-state index in [0.29, 0.717) is 12.5 Å². The normalized spacial score (nSPS) is 12.6. The van der Waals surface area contributed by atoms with Crippen LogP contribution in [0.3, 0.4) is 0 Å². The molecule has 4 heteroatoms. The quantitative estimate of drug-likeness (QED) is 0.240. The smallest absolute Gasteiger partial charge is 0.143 e. The van der Waals surface area contributed by atoms with Crippen LogP contribution in [0.25, 0.3) is 0 Å². The van der Waals surface area contributed by atoms with Gasteiger partial charge in [0, 0.05) is 12.5 Å². The molecule has 0 radical (unpaired) electrons. The lowest BCUT2D eigenvalue weighted by Crippen LogP contribution is -2.36. The van der Waals surface area contributed by atoms with Gasteiger partial charge in [-0.15, -0.1) is 11.6 Å². The number of hydrogen-bond acceptors (Lipinski definition) is 3. The maximum atomic E-state index is 10.5. The van der Waals surface area contributed by atoms with Crippen LogP contribution in [0.5, 0.6) is 0 Å². The van der Waals surface area contributed by atoms with Gasteiger partial charge in [0.15, 0.2) is 0 Å². The number of alkyl halides is 1. The van der Waals surface area contributed by atoms with Gasteiger partial charge in [0.05, 0.1) is 13.2 Å². The second-order valence-corrected chi connectivity index (χ2v) is 7.59. The van der Waals surface area contributed by atoms with E-state index in [1.54, 1.807) is 0 Å². The summed E-state index contributed by atoms with van der Waals surface area (Å²) < 4.78 is 12.2. The zero-order valence-corrected chi connectivity index (χ0v) is 17.9. The van der Waals surface area contributed by atoms with E-state index in [2.05, 4.69) is 36.4 Å². The lowest BCUT2D eigenvalue weighted by atomic mass is 9.80. The summed E-state index contributed by atoms with van der Waals surface area (Å²) in [7, 11) is 0. The van der Waals surface area contributed by atoms with Gasteiger partial charge in [-0.2, -0.15) is 0 Å². The van der Waals surface area contributed by atoms with Gasteiger partial charge in [0.2, 0.25) is 0 Å². The van der Waals surface area contributed by atoms with Crippen molar-refractivity contribution in [1.82, 2.24) is 0 Å². The first-order valence-electron chi connectivity index (χ1n) is 10.4. The summed E-state index contributed by atoms with van der Waals surface area (Å²) in [4.78, 5) is 0. The maximum Gasteiger partial charge on any atom is 0.143 e. The minimum atomic E-state index is -0.830. The van der Waals surface area contributed by atoms with Crippen molar-refractivity contribution < 1.29 is 14.6 Å². The molecule has 1 unspecified atom stereocenters. The lowest BCUT2D eigenvalue weighted by molar-refractivity contribution is -0.0640.